The lowest BCUT2D eigenvalue weighted by Gasteiger charge is -2.34. The molecule has 1 saturated heterocycles. The van der Waals surface area contributed by atoms with Crippen LogP contribution in [0.3, 0.4) is 0 Å². The molecule has 8 heteroatoms. The lowest BCUT2D eigenvalue weighted by atomic mass is 10.2. The number of carbonyl (C=O) groups is 3. The monoisotopic (exact) mass is 380 g/mol. The van der Waals surface area contributed by atoms with E-state index >= 15 is 0 Å². The second-order valence-corrected chi connectivity index (χ2v) is 7.14. The van der Waals surface area contributed by atoms with Crippen molar-refractivity contribution in [2.24, 2.45) is 0 Å². The van der Waals surface area contributed by atoms with Crippen molar-refractivity contribution in [3.8, 4) is 0 Å². The van der Waals surface area contributed by atoms with Gasteiger partial charge in [-0.25, -0.2) is 4.79 Å². The molecular weight excluding hydrogens is 356 g/mol. The summed E-state index contributed by atoms with van der Waals surface area (Å²) in [6.07, 6.45) is -0.345. The number of thioether (sulfide) groups is 1. The molecule has 0 spiro atoms. The molecule has 1 aromatic rings. The normalized spacial score (nSPS) is 15.3. The van der Waals surface area contributed by atoms with Crippen LogP contribution in [0.4, 0.5) is 4.79 Å². The van der Waals surface area contributed by atoms with Crippen molar-refractivity contribution in [1.29, 1.82) is 0 Å². The van der Waals surface area contributed by atoms with Crippen molar-refractivity contribution in [3.05, 3.63) is 29.8 Å². The average molecular weight is 380 g/mol. The minimum absolute atomic E-state index is 0.103. The smallest absolute Gasteiger partial charge is 0.409 e. The molecule has 1 heterocycles. The zero-order valence-corrected chi connectivity index (χ0v) is 16.1. The average Bonchev–Trinajstić information content (AvgIpc) is 2.67. The SMILES string of the molecule is CCOC(=O)N1CCN(C(=O)c2ccccc2SC(C)C(=O)OC)CC1. The van der Waals surface area contributed by atoms with Gasteiger partial charge in [-0.15, -0.1) is 11.8 Å². The Kier molecular flexibility index (Phi) is 7.32. The van der Waals surface area contributed by atoms with Crippen LogP contribution in [0, 0.1) is 0 Å². The summed E-state index contributed by atoms with van der Waals surface area (Å²) in [7, 11) is 1.35. The standard InChI is InChI=1S/C18H24N2O5S/c1-4-25-18(23)20-11-9-19(10-12-20)16(21)14-7-5-6-8-15(14)26-13(2)17(22)24-3/h5-8,13H,4,9-12H2,1-3H3. The Bertz CT molecular complexity index is 659. The van der Waals surface area contributed by atoms with E-state index in [0.29, 0.717) is 38.3 Å². The summed E-state index contributed by atoms with van der Waals surface area (Å²) in [6, 6.07) is 7.22. The van der Waals surface area contributed by atoms with E-state index in [1.807, 2.05) is 12.1 Å². The van der Waals surface area contributed by atoms with Gasteiger partial charge in [-0.3, -0.25) is 9.59 Å². The molecule has 2 amide bonds. The summed E-state index contributed by atoms with van der Waals surface area (Å²) in [5, 5.41) is -0.408. The van der Waals surface area contributed by atoms with Crippen molar-refractivity contribution < 1.29 is 23.9 Å². The number of benzene rings is 1. The topological polar surface area (TPSA) is 76.2 Å². The second-order valence-electron chi connectivity index (χ2n) is 5.76. The number of hydrogen-bond acceptors (Lipinski definition) is 6. The minimum atomic E-state index is -0.408. The van der Waals surface area contributed by atoms with Crippen LogP contribution in [0.2, 0.25) is 0 Å². The first-order valence-electron chi connectivity index (χ1n) is 8.52. The quantitative estimate of drug-likeness (QED) is 0.576. The van der Waals surface area contributed by atoms with Crippen LogP contribution in [0.25, 0.3) is 0 Å². The van der Waals surface area contributed by atoms with Gasteiger partial charge in [-0.2, -0.15) is 0 Å². The van der Waals surface area contributed by atoms with Crippen LogP contribution in [0.5, 0.6) is 0 Å². The summed E-state index contributed by atoms with van der Waals surface area (Å²) < 4.78 is 9.74. The summed E-state index contributed by atoms with van der Waals surface area (Å²) in [5.41, 5.74) is 0.554. The second kappa shape index (κ2) is 9.47. The summed E-state index contributed by atoms with van der Waals surface area (Å²) >= 11 is 1.30. The molecule has 2 rings (SSSR count). The highest BCUT2D eigenvalue weighted by Crippen LogP contribution is 2.28. The van der Waals surface area contributed by atoms with E-state index in [4.69, 9.17) is 9.47 Å². The summed E-state index contributed by atoms with van der Waals surface area (Å²) in [6.45, 7) is 5.63. The molecule has 1 aliphatic rings. The molecule has 0 aliphatic carbocycles. The highest BCUT2D eigenvalue weighted by molar-refractivity contribution is 8.00. The maximum absolute atomic E-state index is 12.9. The molecule has 7 nitrogen and oxygen atoms in total. The van der Waals surface area contributed by atoms with Crippen LogP contribution < -0.4 is 0 Å². The Morgan fingerprint density at radius 2 is 1.73 bits per heavy atom. The van der Waals surface area contributed by atoms with Gasteiger partial charge in [0.1, 0.15) is 5.25 Å². The Balaban J connectivity index is 2.04. The third-order valence-corrected chi connectivity index (χ3v) is 5.20. The molecule has 26 heavy (non-hydrogen) atoms. The molecule has 0 bridgehead atoms. The number of esters is 1. The maximum atomic E-state index is 12.9. The first-order chi connectivity index (χ1) is 12.5. The van der Waals surface area contributed by atoms with Gasteiger partial charge in [0.2, 0.25) is 0 Å². The molecular formula is C18H24N2O5S. The van der Waals surface area contributed by atoms with Crippen LogP contribution in [-0.2, 0) is 14.3 Å². The number of methoxy groups -OCH3 is 1. The molecule has 1 aromatic carbocycles. The fraction of sp³-hybridized carbons (Fsp3) is 0.500. The van der Waals surface area contributed by atoms with Crippen molar-refractivity contribution in [2.75, 3.05) is 39.9 Å². The Morgan fingerprint density at radius 1 is 1.12 bits per heavy atom. The maximum Gasteiger partial charge on any atom is 0.409 e. The van der Waals surface area contributed by atoms with Gasteiger partial charge in [-0.1, -0.05) is 12.1 Å². The number of ether oxygens (including phenoxy) is 2. The first-order valence-corrected chi connectivity index (χ1v) is 9.40. The van der Waals surface area contributed by atoms with Gasteiger partial charge in [0.15, 0.2) is 0 Å². The van der Waals surface area contributed by atoms with Crippen LogP contribution >= 0.6 is 11.8 Å². The van der Waals surface area contributed by atoms with Gasteiger partial charge >= 0.3 is 12.1 Å². The Morgan fingerprint density at radius 3 is 2.35 bits per heavy atom. The third kappa shape index (κ3) is 4.91. The van der Waals surface area contributed by atoms with E-state index in [0.717, 1.165) is 4.90 Å². The number of piperazine rings is 1. The largest absolute Gasteiger partial charge is 0.468 e. The molecule has 1 fully saturated rings. The molecule has 142 valence electrons. The van der Waals surface area contributed by atoms with Gasteiger partial charge in [0.05, 0.1) is 19.3 Å². The number of carbonyl (C=O) groups excluding carboxylic acids is 3. The van der Waals surface area contributed by atoms with Crippen molar-refractivity contribution >= 4 is 29.7 Å². The molecule has 0 N–H and O–H groups in total. The van der Waals surface area contributed by atoms with Crippen LogP contribution in [-0.4, -0.2) is 72.9 Å². The van der Waals surface area contributed by atoms with E-state index < -0.39 is 5.25 Å². The molecule has 1 atom stereocenters. The molecule has 0 saturated carbocycles. The molecule has 0 radical (unpaired) electrons. The zero-order valence-electron chi connectivity index (χ0n) is 15.3. The summed E-state index contributed by atoms with van der Waals surface area (Å²) in [5.74, 6) is -0.436. The fourth-order valence-electron chi connectivity index (χ4n) is 2.63. The van der Waals surface area contributed by atoms with Crippen molar-refractivity contribution in [1.82, 2.24) is 9.80 Å². The Hall–Kier alpha value is -2.22. The number of amides is 2. The highest BCUT2D eigenvalue weighted by atomic mass is 32.2. The molecule has 0 aromatic heterocycles. The van der Waals surface area contributed by atoms with Crippen LogP contribution in [0.1, 0.15) is 24.2 Å². The predicted molar refractivity (Wildman–Crippen MR) is 98.3 cm³/mol. The first kappa shape index (κ1) is 20.1. The van der Waals surface area contributed by atoms with Crippen molar-refractivity contribution in [3.63, 3.8) is 0 Å². The number of rotatable bonds is 5. The van der Waals surface area contributed by atoms with E-state index in [9.17, 15) is 14.4 Å². The van der Waals surface area contributed by atoms with E-state index in [1.165, 1.54) is 18.9 Å². The lowest BCUT2D eigenvalue weighted by molar-refractivity contribution is -0.139. The van der Waals surface area contributed by atoms with Gasteiger partial charge in [-0.05, 0) is 26.0 Å². The van der Waals surface area contributed by atoms with E-state index in [2.05, 4.69) is 0 Å². The fourth-order valence-corrected chi connectivity index (χ4v) is 3.64. The lowest BCUT2D eigenvalue weighted by Crippen LogP contribution is -2.50. The molecule has 1 aliphatic heterocycles. The number of hydrogen-bond donors (Lipinski definition) is 0. The van der Waals surface area contributed by atoms with Crippen LogP contribution in [0.15, 0.2) is 29.2 Å². The highest BCUT2D eigenvalue weighted by Gasteiger charge is 2.27. The van der Waals surface area contributed by atoms with Gasteiger partial charge in [0.25, 0.3) is 5.91 Å². The van der Waals surface area contributed by atoms with E-state index in [-0.39, 0.29) is 18.0 Å². The van der Waals surface area contributed by atoms with Crippen molar-refractivity contribution in [2.45, 2.75) is 24.0 Å². The molecule has 1 unspecified atom stereocenters. The summed E-state index contributed by atoms with van der Waals surface area (Å²) in [4.78, 5) is 40.4. The van der Waals surface area contributed by atoms with E-state index in [1.54, 1.807) is 35.8 Å². The third-order valence-electron chi connectivity index (χ3n) is 4.05. The minimum Gasteiger partial charge on any atom is -0.468 e. The Labute approximate surface area is 157 Å². The zero-order chi connectivity index (χ0) is 19.1. The number of nitrogens with zero attached hydrogens (tertiary/aromatic N) is 2. The van der Waals surface area contributed by atoms with Gasteiger partial charge in [0, 0.05) is 31.1 Å². The van der Waals surface area contributed by atoms with Gasteiger partial charge < -0.3 is 19.3 Å². The predicted octanol–water partition coefficient (Wildman–Crippen LogP) is 2.25.